The maximum Gasteiger partial charge on any atom is 0.241 e. The molecule has 0 fully saturated rings. The van der Waals surface area contributed by atoms with Crippen LogP contribution in [0.3, 0.4) is 0 Å². The number of benzene rings is 1. The van der Waals surface area contributed by atoms with E-state index in [0.29, 0.717) is 12.2 Å². The number of fused-ring (bicyclic) bond motifs is 1. The van der Waals surface area contributed by atoms with Crippen LogP contribution >= 0.6 is 0 Å². The first kappa shape index (κ1) is 17.5. The Kier molecular flexibility index (Phi) is 4.80. The number of nitrogens with one attached hydrogen (secondary N) is 2. The third kappa shape index (κ3) is 4.01. The standard InChI is InChI=1S/C17H22N4O3S/c1-12-5-3-6-13(9-12)21(25(2,23)24)11-17(22)18-10-16-14-7-4-8-15(14)19-20-16/h3,5-6,9H,4,7-8,10-11H2,1-2H3,(H,18,22)(H,19,20). The SMILES string of the molecule is Cc1cccc(N(CC(=O)NCc2n[nH]c3c2CCC3)S(C)(=O)=O)c1. The van der Waals surface area contributed by atoms with E-state index in [1.807, 2.05) is 13.0 Å². The van der Waals surface area contributed by atoms with Crippen LogP contribution in [0.5, 0.6) is 0 Å². The van der Waals surface area contributed by atoms with Crippen LogP contribution in [0.1, 0.15) is 28.9 Å². The molecule has 1 aliphatic rings. The van der Waals surface area contributed by atoms with Gasteiger partial charge in [0, 0.05) is 5.69 Å². The highest BCUT2D eigenvalue weighted by Gasteiger charge is 2.22. The first-order valence-electron chi connectivity index (χ1n) is 8.20. The molecule has 0 bridgehead atoms. The molecule has 1 amide bonds. The fourth-order valence-corrected chi connectivity index (χ4v) is 3.93. The number of nitrogens with zero attached hydrogens (tertiary/aromatic N) is 2. The average molecular weight is 362 g/mol. The minimum absolute atomic E-state index is 0.255. The number of aromatic nitrogens is 2. The van der Waals surface area contributed by atoms with Gasteiger partial charge in [0.25, 0.3) is 0 Å². The number of carbonyl (C=O) groups is 1. The van der Waals surface area contributed by atoms with Gasteiger partial charge >= 0.3 is 0 Å². The van der Waals surface area contributed by atoms with E-state index >= 15 is 0 Å². The van der Waals surface area contributed by atoms with Gasteiger partial charge in [0.05, 0.1) is 24.2 Å². The molecule has 0 unspecified atom stereocenters. The van der Waals surface area contributed by atoms with Gasteiger partial charge in [-0.05, 0) is 49.4 Å². The summed E-state index contributed by atoms with van der Waals surface area (Å²) < 4.78 is 25.3. The van der Waals surface area contributed by atoms with Crippen LogP contribution in [0.25, 0.3) is 0 Å². The van der Waals surface area contributed by atoms with E-state index in [0.717, 1.165) is 46.8 Å². The number of amides is 1. The molecule has 25 heavy (non-hydrogen) atoms. The Labute approximate surface area is 147 Å². The van der Waals surface area contributed by atoms with E-state index in [2.05, 4.69) is 15.5 Å². The van der Waals surface area contributed by atoms with Gasteiger partial charge in [0.2, 0.25) is 15.9 Å². The lowest BCUT2D eigenvalue weighted by molar-refractivity contribution is -0.119. The summed E-state index contributed by atoms with van der Waals surface area (Å²) in [5.74, 6) is -0.360. The topological polar surface area (TPSA) is 95.2 Å². The van der Waals surface area contributed by atoms with Gasteiger partial charge in [-0.15, -0.1) is 0 Å². The summed E-state index contributed by atoms with van der Waals surface area (Å²) in [5, 5.41) is 10.0. The molecule has 7 nitrogen and oxygen atoms in total. The van der Waals surface area contributed by atoms with Crippen molar-refractivity contribution in [2.75, 3.05) is 17.1 Å². The molecule has 8 heteroatoms. The van der Waals surface area contributed by atoms with Gasteiger partial charge in [-0.3, -0.25) is 14.2 Å². The van der Waals surface area contributed by atoms with E-state index in [1.54, 1.807) is 18.2 Å². The Hall–Kier alpha value is -2.35. The van der Waals surface area contributed by atoms with Crippen molar-refractivity contribution >= 4 is 21.6 Å². The zero-order chi connectivity index (χ0) is 18.0. The number of hydrogen-bond acceptors (Lipinski definition) is 4. The zero-order valence-electron chi connectivity index (χ0n) is 14.4. The summed E-state index contributed by atoms with van der Waals surface area (Å²) in [6.07, 6.45) is 4.16. The van der Waals surface area contributed by atoms with Gasteiger partial charge in [-0.25, -0.2) is 8.42 Å². The lowest BCUT2D eigenvalue weighted by Gasteiger charge is -2.22. The molecule has 0 saturated carbocycles. The largest absolute Gasteiger partial charge is 0.349 e. The summed E-state index contributed by atoms with van der Waals surface area (Å²) in [6.45, 7) is 1.92. The highest BCUT2D eigenvalue weighted by molar-refractivity contribution is 7.92. The number of anilines is 1. The van der Waals surface area contributed by atoms with Crippen molar-refractivity contribution in [3.63, 3.8) is 0 Å². The van der Waals surface area contributed by atoms with Crippen molar-refractivity contribution in [1.29, 1.82) is 0 Å². The van der Waals surface area contributed by atoms with Crippen molar-refractivity contribution in [2.24, 2.45) is 0 Å². The fourth-order valence-electron chi connectivity index (χ4n) is 3.09. The molecule has 2 N–H and O–H groups in total. The Morgan fingerprint density at radius 2 is 2.16 bits per heavy atom. The Bertz CT molecular complexity index is 889. The first-order chi connectivity index (χ1) is 11.8. The number of hydrogen-bond donors (Lipinski definition) is 2. The number of sulfonamides is 1. The van der Waals surface area contributed by atoms with Gasteiger partial charge in [0.1, 0.15) is 6.54 Å². The first-order valence-corrected chi connectivity index (χ1v) is 10.1. The van der Waals surface area contributed by atoms with Crippen LogP contribution in [-0.4, -0.2) is 37.3 Å². The second-order valence-electron chi connectivity index (χ2n) is 6.37. The Balaban J connectivity index is 1.68. The molecular formula is C17H22N4O3S. The number of carbonyl (C=O) groups excluding carboxylic acids is 1. The van der Waals surface area contributed by atoms with E-state index in [9.17, 15) is 13.2 Å². The summed E-state index contributed by atoms with van der Waals surface area (Å²) in [5.41, 5.74) is 4.57. The molecule has 0 aliphatic heterocycles. The quantitative estimate of drug-likeness (QED) is 0.809. The molecule has 134 valence electrons. The molecule has 1 aromatic heterocycles. The van der Waals surface area contributed by atoms with Gasteiger partial charge in [-0.1, -0.05) is 12.1 Å². The highest BCUT2D eigenvalue weighted by atomic mass is 32.2. The van der Waals surface area contributed by atoms with E-state index in [1.165, 1.54) is 5.56 Å². The molecule has 2 aromatic rings. The minimum Gasteiger partial charge on any atom is -0.349 e. The molecule has 0 saturated heterocycles. The lowest BCUT2D eigenvalue weighted by atomic mass is 10.2. The summed E-state index contributed by atoms with van der Waals surface area (Å²) in [7, 11) is -3.56. The lowest BCUT2D eigenvalue weighted by Crippen LogP contribution is -2.40. The van der Waals surface area contributed by atoms with Crippen molar-refractivity contribution in [3.05, 3.63) is 46.8 Å². The van der Waals surface area contributed by atoms with Gasteiger partial charge in [0.15, 0.2) is 0 Å². The van der Waals surface area contributed by atoms with Crippen molar-refractivity contribution < 1.29 is 13.2 Å². The van der Waals surface area contributed by atoms with Crippen LogP contribution in [0.15, 0.2) is 24.3 Å². The molecular weight excluding hydrogens is 340 g/mol. The molecule has 1 heterocycles. The predicted octanol–water partition coefficient (Wildman–Crippen LogP) is 1.29. The van der Waals surface area contributed by atoms with E-state index in [4.69, 9.17) is 0 Å². The van der Waals surface area contributed by atoms with E-state index in [-0.39, 0.29) is 12.5 Å². The highest BCUT2D eigenvalue weighted by Crippen LogP contribution is 2.22. The van der Waals surface area contributed by atoms with Crippen molar-refractivity contribution in [2.45, 2.75) is 32.7 Å². The Morgan fingerprint density at radius 3 is 2.88 bits per heavy atom. The smallest absolute Gasteiger partial charge is 0.241 e. The molecule has 0 radical (unpaired) electrons. The van der Waals surface area contributed by atoms with Gasteiger partial charge < -0.3 is 5.32 Å². The third-order valence-corrected chi connectivity index (χ3v) is 5.46. The number of aryl methyl sites for hydroxylation is 2. The normalized spacial score (nSPS) is 13.5. The third-order valence-electron chi connectivity index (χ3n) is 4.32. The summed E-state index contributed by atoms with van der Waals surface area (Å²) in [4.78, 5) is 12.3. The maximum atomic E-state index is 12.3. The second-order valence-corrected chi connectivity index (χ2v) is 8.27. The molecule has 0 spiro atoms. The number of rotatable bonds is 6. The van der Waals surface area contributed by atoms with Crippen molar-refractivity contribution in [1.82, 2.24) is 15.5 Å². The van der Waals surface area contributed by atoms with Crippen LogP contribution in [0.4, 0.5) is 5.69 Å². The van der Waals surface area contributed by atoms with Crippen LogP contribution in [0.2, 0.25) is 0 Å². The van der Waals surface area contributed by atoms with Gasteiger partial charge in [-0.2, -0.15) is 5.10 Å². The number of H-pyrrole nitrogens is 1. The van der Waals surface area contributed by atoms with Crippen LogP contribution in [-0.2, 0) is 34.2 Å². The van der Waals surface area contributed by atoms with Crippen LogP contribution in [0, 0.1) is 6.92 Å². The predicted molar refractivity (Wildman–Crippen MR) is 95.8 cm³/mol. The molecule has 3 rings (SSSR count). The fraction of sp³-hybridized carbons (Fsp3) is 0.412. The molecule has 1 aromatic carbocycles. The number of aromatic amines is 1. The van der Waals surface area contributed by atoms with Crippen molar-refractivity contribution in [3.8, 4) is 0 Å². The minimum atomic E-state index is -3.56. The average Bonchev–Trinajstić information content (AvgIpc) is 3.13. The summed E-state index contributed by atoms with van der Waals surface area (Å²) >= 11 is 0. The molecule has 0 atom stereocenters. The van der Waals surface area contributed by atoms with Crippen LogP contribution < -0.4 is 9.62 Å². The summed E-state index contributed by atoms with van der Waals surface area (Å²) in [6, 6.07) is 7.08. The molecule has 1 aliphatic carbocycles. The second kappa shape index (κ2) is 6.87. The maximum absolute atomic E-state index is 12.3. The van der Waals surface area contributed by atoms with E-state index < -0.39 is 10.0 Å². The zero-order valence-corrected chi connectivity index (χ0v) is 15.2. The Morgan fingerprint density at radius 1 is 1.36 bits per heavy atom. The monoisotopic (exact) mass is 362 g/mol.